The maximum Gasteiger partial charge on any atom is 0.134 e. The minimum absolute atomic E-state index is 0.103. The largest absolute Gasteiger partial charge is 0.506 e. The average molecular weight is 261 g/mol. The van der Waals surface area contributed by atoms with Crippen molar-refractivity contribution >= 4 is 11.6 Å². The van der Waals surface area contributed by atoms with Crippen molar-refractivity contribution in [3.63, 3.8) is 0 Å². The number of halogens is 1. The number of phenolic OH excluding ortho intramolecular Hbond substituents is 1. The molecule has 0 bridgehead atoms. The lowest BCUT2D eigenvalue weighted by atomic mass is 10.1. The van der Waals surface area contributed by atoms with Crippen LogP contribution in [0, 0.1) is 0 Å². The molecule has 0 atom stereocenters. The lowest BCUT2D eigenvalue weighted by Gasteiger charge is -2.08. The Kier molecular flexibility index (Phi) is 2.88. The minimum atomic E-state index is 0.103. The molecule has 1 fully saturated rings. The van der Waals surface area contributed by atoms with Crippen molar-refractivity contribution in [1.82, 2.24) is 0 Å². The van der Waals surface area contributed by atoms with E-state index in [0.717, 1.165) is 29.7 Å². The summed E-state index contributed by atoms with van der Waals surface area (Å²) in [6.07, 6.45) is 2.69. The van der Waals surface area contributed by atoms with Crippen LogP contribution in [-0.4, -0.2) is 11.2 Å². The number of hydrogen-bond donors (Lipinski definition) is 1. The average Bonchev–Trinajstić information content (AvgIpc) is 3.17. The highest BCUT2D eigenvalue weighted by Gasteiger charge is 2.23. The van der Waals surface area contributed by atoms with Gasteiger partial charge in [-0.3, -0.25) is 0 Å². The Hall–Kier alpha value is -1.67. The summed E-state index contributed by atoms with van der Waals surface area (Å²) in [6, 6.07) is 13.1. The van der Waals surface area contributed by atoms with E-state index in [1.165, 1.54) is 0 Å². The monoisotopic (exact) mass is 260 g/mol. The van der Waals surface area contributed by atoms with Gasteiger partial charge in [0.1, 0.15) is 11.5 Å². The van der Waals surface area contributed by atoms with E-state index in [1.54, 1.807) is 12.1 Å². The summed E-state index contributed by atoms with van der Waals surface area (Å²) in [5.74, 6) is 0.991. The summed E-state index contributed by atoms with van der Waals surface area (Å²) < 4.78 is 5.76. The van der Waals surface area contributed by atoms with Crippen LogP contribution < -0.4 is 4.74 Å². The van der Waals surface area contributed by atoms with Crippen LogP contribution >= 0.6 is 11.6 Å². The molecule has 0 aliphatic heterocycles. The van der Waals surface area contributed by atoms with Crippen LogP contribution in [0.25, 0.3) is 11.1 Å². The van der Waals surface area contributed by atoms with Crippen molar-refractivity contribution in [3.8, 4) is 22.6 Å². The molecule has 0 radical (unpaired) electrons. The number of ether oxygens (including phenoxy) is 1. The second-order valence-electron chi connectivity index (χ2n) is 4.51. The molecule has 92 valence electrons. The summed E-state index contributed by atoms with van der Waals surface area (Å²) >= 11 is 5.92. The van der Waals surface area contributed by atoms with E-state index in [-0.39, 0.29) is 5.75 Å². The van der Waals surface area contributed by atoms with Crippen molar-refractivity contribution in [2.75, 3.05) is 0 Å². The Balaban J connectivity index is 1.92. The van der Waals surface area contributed by atoms with Crippen molar-refractivity contribution in [2.45, 2.75) is 18.9 Å². The molecule has 0 unspecified atom stereocenters. The van der Waals surface area contributed by atoms with Crippen LogP contribution in [0.15, 0.2) is 42.5 Å². The number of hydrogen-bond acceptors (Lipinski definition) is 2. The molecule has 2 aromatic rings. The molecule has 2 aromatic carbocycles. The summed E-state index contributed by atoms with van der Waals surface area (Å²) in [7, 11) is 0. The zero-order chi connectivity index (χ0) is 12.5. The fourth-order valence-corrected chi connectivity index (χ4v) is 1.99. The molecule has 1 saturated carbocycles. The van der Waals surface area contributed by atoms with Gasteiger partial charge in [0.05, 0.1) is 11.1 Å². The first-order valence-corrected chi connectivity index (χ1v) is 6.36. The van der Waals surface area contributed by atoms with Gasteiger partial charge in [0.25, 0.3) is 0 Å². The van der Waals surface area contributed by atoms with E-state index in [4.69, 9.17) is 16.3 Å². The van der Waals surface area contributed by atoms with Crippen LogP contribution in [0.1, 0.15) is 12.8 Å². The Bertz CT molecular complexity index is 576. The van der Waals surface area contributed by atoms with Crippen LogP contribution in [0.3, 0.4) is 0 Å². The SMILES string of the molecule is Oc1ccc(-c2cccc(OC3CC3)c2)cc1Cl. The zero-order valence-corrected chi connectivity index (χ0v) is 10.5. The Morgan fingerprint density at radius 2 is 1.83 bits per heavy atom. The lowest BCUT2D eigenvalue weighted by molar-refractivity contribution is 0.303. The van der Waals surface area contributed by atoms with E-state index in [0.29, 0.717) is 11.1 Å². The molecular weight excluding hydrogens is 248 g/mol. The summed E-state index contributed by atoms with van der Waals surface area (Å²) in [6.45, 7) is 0. The Morgan fingerprint density at radius 1 is 1.06 bits per heavy atom. The second kappa shape index (κ2) is 4.54. The highest BCUT2D eigenvalue weighted by molar-refractivity contribution is 6.32. The molecule has 18 heavy (non-hydrogen) atoms. The lowest BCUT2D eigenvalue weighted by Crippen LogP contribution is -1.95. The van der Waals surface area contributed by atoms with Crippen molar-refractivity contribution in [3.05, 3.63) is 47.5 Å². The van der Waals surface area contributed by atoms with Gasteiger partial charge in [0.2, 0.25) is 0 Å². The van der Waals surface area contributed by atoms with Crippen LogP contribution in [0.5, 0.6) is 11.5 Å². The second-order valence-corrected chi connectivity index (χ2v) is 4.92. The topological polar surface area (TPSA) is 29.5 Å². The standard InChI is InChI=1S/C15H13ClO2/c16-14-9-11(4-7-15(14)17)10-2-1-3-13(8-10)18-12-5-6-12/h1-4,7-9,12,17H,5-6H2. The first-order chi connectivity index (χ1) is 8.72. The fourth-order valence-electron chi connectivity index (χ4n) is 1.81. The molecular formula is C15H13ClO2. The van der Waals surface area contributed by atoms with E-state index >= 15 is 0 Å². The fraction of sp³-hybridized carbons (Fsp3) is 0.200. The number of phenols is 1. The van der Waals surface area contributed by atoms with Gasteiger partial charge in [0, 0.05) is 0 Å². The predicted molar refractivity (Wildman–Crippen MR) is 72.2 cm³/mol. The normalized spacial score (nSPS) is 14.5. The smallest absolute Gasteiger partial charge is 0.134 e. The minimum Gasteiger partial charge on any atom is -0.506 e. The van der Waals surface area contributed by atoms with Gasteiger partial charge >= 0.3 is 0 Å². The summed E-state index contributed by atoms with van der Waals surface area (Å²) in [4.78, 5) is 0. The molecule has 0 heterocycles. The number of benzene rings is 2. The van der Waals surface area contributed by atoms with Gasteiger partial charge in [-0.1, -0.05) is 29.8 Å². The third kappa shape index (κ3) is 2.44. The molecule has 0 spiro atoms. The zero-order valence-electron chi connectivity index (χ0n) is 9.77. The third-order valence-corrected chi connectivity index (χ3v) is 3.24. The highest BCUT2D eigenvalue weighted by Crippen LogP contribution is 2.32. The quantitative estimate of drug-likeness (QED) is 0.894. The van der Waals surface area contributed by atoms with E-state index < -0.39 is 0 Å². The molecule has 0 aromatic heterocycles. The van der Waals surface area contributed by atoms with Gasteiger partial charge in [-0.15, -0.1) is 0 Å². The van der Waals surface area contributed by atoms with Crippen molar-refractivity contribution in [1.29, 1.82) is 0 Å². The maximum absolute atomic E-state index is 9.42. The first kappa shape index (κ1) is 11.4. The Labute approximate surface area is 111 Å². The van der Waals surface area contributed by atoms with Crippen LogP contribution in [0.4, 0.5) is 0 Å². The molecule has 1 N–H and O–H groups in total. The molecule has 0 amide bonds. The van der Waals surface area contributed by atoms with Crippen LogP contribution in [0.2, 0.25) is 5.02 Å². The maximum atomic E-state index is 9.42. The summed E-state index contributed by atoms with van der Waals surface area (Å²) in [5, 5.41) is 9.78. The van der Waals surface area contributed by atoms with Gasteiger partial charge < -0.3 is 9.84 Å². The van der Waals surface area contributed by atoms with Crippen LogP contribution in [-0.2, 0) is 0 Å². The van der Waals surface area contributed by atoms with E-state index in [1.807, 2.05) is 30.3 Å². The van der Waals surface area contributed by atoms with Gasteiger partial charge in [-0.2, -0.15) is 0 Å². The number of rotatable bonds is 3. The highest BCUT2D eigenvalue weighted by atomic mass is 35.5. The third-order valence-electron chi connectivity index (χ3n) is 2.94. The van der Waals surface area contributed by atoms with Crippen molar-refractivity contribution in [2.24, 2.45) is 0 Å². The molecule has 0 saturated heterocycles. The molecule has 3 heteroatoms. The van der Waals surface area contributed by atoms with E-state index in [9.17, 15) is 5.11 Å². The van der Waals surface area contributed by atoms with Gasteiger partial charge in [-0.25, -0.2) is 0 Å². The van der Waals surface area contributed by atoms with Crippen molar-refractivity contribution < 1.29 is 9.84 Å². The van der Waals surface area contributed by atoms with Gasteiger partial charge in [0.15, 0.2) is 0 Å². The predicted octanol–water partition coefficient (Wildman–Crippen LogP) is 4.25. The molecule has 2 nitrogen and oxygen atoms in total. The molecule has 3 rings (SSSR count). The molecule has 1 aliphatic rings. The molecule has 1 aliphatic carbocycles. The van der Waals surface area contributed by atoms with Gasteiger partial charge in [-0.05, 0) is 48.2 Å². The Morgan fingerprint density at radius 3 is 2.56 bits per heavy atom. The number of aromatic hydroxyl groups is 1. The van der Waals surface area contributed by atoms with E-state index in [2.05, 4.69) is 0 Å². The summed E-state index contributed by atoms with van der Waals surface area (Å²) in [5.41, 5.74) is 2.01. The first-order valence-electron chi connectivity index (χ1n) is 5.98.